The molecule has 0 radical (unpaired) electrons. The van der Waals surface area contributed by atoms with Gasteiger partial charge in [-0.15, -0.1) is 0 Å². The van der Waals surface area contributed by atoms with E-state index in [1.54, 1.807) is 12.1 Å². The minimum absolute atomic E-state index is 0.280. The van der Waals surface area contributed by atoms with Gasteiger partial charge < -0.3 is 0 Å². The summed E-state index contributed by atoms with van der Waals surface area (Å²) >= 11 is 6.49. The van der Waals surface area contributed by atoms with Gasteiger partial charge in [0.05, 0.1) is 0 Å². The van der Waals surface area contributed by atoms with Crippen LogP contribution in [-0.4, -0.2) is 17.5 Å². The van der Waals surface area contributed by atoms with Crippen LogP contribution in [0.4, 0.5) is 0 Å². The first-order valence-corrected chi connectivity index (χ1v) is 8.47. The Morgan fingerprint density at radius 1 is 0.792 bits per heavy atom. The minimum atomic E-state index is 0.280. The number of halogens is 1. The molecular formula is C21H16BClO. The van der Waals surface area contributed by atoms with E-state index in [0.29, 0.717) is 0 Å². The second-order valence-electron chi connectivity index (χ2n) is 6.07. The molecule has 0 bridgehead atoms. The number of fused-ring (bicyclic) bond motifs is 2. The molecule has 3 aromatic carbocycles. The molecule has 3 heteroatoms. The summed E-state index contributed by atoms with van der Waals surface area (Å²) in [6.45, 7) is 2.18. The third kappa shape index (κ3) is 2.78. The zero-order valence-electron chi connectivity index (χ0n) is 13.2. The summed E-state index contributed by atoms with van der Waals surface area (Å²) in [5, 5.41) is 10.4. The van der Waals surface area contributed by atoms with Crippen molar-refractivity contribution >= 4 is 29.4 Å². The van der Waals surface area contributed by atoms with E-state index >= 15 is 0 Å². The number of phenolic OH excluding ortho intramolecular Hbond substituents is 1. The van der Waals surface area contributed by atoms with Gasteiger partial charge in [0.15, 0.2) is 0 Å². The van der Waals surface area contributed by atoms with E-state index in [2.05, 4.69) is 37.3 Å². The van der Waals surface area contributed by atoms with Crippen LogP contribution >= 0.6 is 11.6 Å². The molecule has 1 N–H and O–H groups in total. The van der Waals surface area contributed by atoms with E-state index in [9.17, 15) is 5.11 Å². The second-order valence-corrected chi connectivity index (χ2v) is 6.48. The van der Waals surface area contributed by atoms with E-state index in [0.717, 1.165) is 23.3 Å². The van der Waals surface area contributed by atoms with Gasteiger partial charge in [0.25, 0.3) is 0 Å². The number of phenols is 1. The molecule has 0 saturated carbocycles. The Bertz CT molecular complexity index is 929. The zero-order valence-corrected chi connectivity index (χ0v) is 13.9. The van der Waals surface area contributed by atoms with Crippen LogP contribution in [-0.2, 0) is 12.8 Å². The van der Waals surface area contributed by atoms with Crippen LogP contribution in [0.15, 0.2) is 66.7 Å². The summed E-state index contributed by atoms with van der Waals surface area (Å²) in [5.41, 5.74) is 7.25. The molecule has 1 nitrogen and oxygen atoms in total. The molecule has 4 rings (SSSR count). The summed E-state index contributed by atoms with van der Waals surface area (Å²) in [7, 11) is 0. The van der Waals surface area contributed by atoms with Crippen molar-refractivity contribution in [3.8, 4) is 5.75 Å². The molecule has 0 saturated heterocycles. The Morgan fingerprint density at radius 2 is 1.54 bits per heavy atom. The van der Waals surface area contributed by atoms with Crippen LogP contribution in [0.25, 0.3) is 0 Å². The molecule has 0 unspecified atom stereocenters. The van der Waals surface area contributed by atoms with E-state index < -0.39 is 0 Å². The van der Waals surface area contributed by atoms with E-state index in [4.69, 9.17) is 11.6 Å². The van der Waals surface area contributed by atoms with Gasteiger partial charge in [-0.3, -0.25) is 0 Å². The number of hydrogen-bond donors (Lipinski definition) is 1. The number of hydrogen-bond acceptors (Lipinski definition) is 1. The molecular weight excluding hydrogens is 314 g/mol. The standard InChI is InChI=1S/C21H16BClO/c23-20-7-3-6-19-18(20)13-8-14-4-1-2-5-17(14)21(19)22-15-9-11-16(24)12-10-15/h1-7,9-12,24H,8,13H2. The average Bonchev–Trinajstić information content (AvgIpc) is 2.76. The van der Waals surface area contributed by atoms with Gasteiger partial charge in [-0.05, 0) is 0 Å². The Labute approximate surface area is 147 Å². The van der Waals surface area contributed by atoms with Crippen molar-refractivity contribution < 1.29 is 5.11 Å². The van der Waals surface area contributed by atoms with Gasteiger partial charge in [0, 0.05) is 0 Å². The Kier molecular flexibility index (Phi) is 3.99. The van der Waals surface area contributed by atoms with Gasteiger partial charge in [-0.25, -0.2) is 0 Å². The zero-order chi connectivity index (χ0) is 16.5. The third-order valence-corrected chi connectivity index (χ3v) is 4.92. The summed E-state index contributed by atoms with van der Waals surface area (Å²) in [4.78, 5) is 0. The molecule has 1 aliphatic rings. The fourth-order valence-corrected chi connectivity index (χ4v) is 3.63. The predicted octanol–water partition coefficient (Wildman–Crippen LogP) is 3.74. The Hall–Kier alpha value is -2.32. The van der Waals surface area contributed by atoms with Crippen LogP contribution in [0.5, 0.6) is 5.75 Å². The van der Waals surface area contributed by atoms with Crippen LogP contribution in [0, 0.1) is 0 Å². The van der Waals surface area contributed by atoms with Crippen molar-refractivity contribution in [1.29, 1.82) is 0 Å². The topological polar surface area (TPSA) is 20.2 Å². The number of aryl methyl sites for hydroxylation is 1. The van der Waals surface area contributed by atoms with Gasteiger partial charge in [0.1, 0.15) is 0 Å². The van der Waals surface area contributed by atoms with Crippen LogP contribution in [0.2, 0.25) is 5.02 Å². The maximum atomic E-state index is 9.52. The second kappa shape index (κ2) is 6.29. The van der Waals surface area contributed by atoms with Crippen molar-refractivity contribution in [1.82, 2.24) is 0 Å². The molecule has 0 amide bonds. The van der Waals surface area contributed by atoms with E-state index in [1.165, 1.54) is 27.7 Å². The fourth-order valence-electron chi connectivity index (χ4n) is 3.36. The average molecular weight is 331 g/mol. The molecule has 0 spiro atoms. The molecule has 0 atom stereocenters. The normalized spacial score (nSPS) is 14.5. The molecule has 0 fully saturated rings. The summed E-state index contributed by atoms with van der Waals surface area (Å²) in [6.07, 6.45) is 1.93. The Morgan fingerprint density at radius 3 is 2.38 bits per heavy atom. The van der Waals surface area contributed by atoms with Gasteiger partial charge in [-0.1, -0.05) is 0 Å². The van der Waals surface area contributed by atoms with Crippen molar-refractivity contribution in [3.63, 3.8) is 0 Å². The number of rotatable bonds is 1. The number of benzene rings is 3. The molecule has 0 aliphatic heterocycles. The maximum absolute atomic E-state index is 9.52. The van der Waals surface area contributed by atoms with Crippen molar-refractivity contribution in [2.45, 2.75) is 12.8 Å². The van der Waals surface area contributed by atoms with Gasteiger partial charge >= 0.3 is 147 Å². The van der Waals surface area contributed by atoms with Crippen molar-refractivity contribution in [2.24, 2.45) is 0 Å². The molecule has 0 heterocycles. The van der Waals surface area contributed by atoms with Crippen LogP contribution in [0.3, 0.4) is 0 Å². The van der Waals surface area contributed by atoms with Crippen molar-refractivity contribution in [2.75, 3.05) is 0 Å². The molecule has 24 heavy (non-hydrogen) atoms. The first kappa shape index (κ1) is 15.2. The number of aromatic hydroxyl groups is 1. The third-order valence-electron chi connectivity index (χ3n) is 4.56. The summed E-state index contributed by atoms with van der Waals surface area (Å²) < 4.78 is 0. The quantitative estimate of drug-likeness (QED) is 0.674. The van der Waals surface area contributed by atoms with Crippen LogP contribution in [0.1, 0.15) is 22.3 Å². The molecule has 0 aromatic heterocycles. The van der Waals surface area contributed by atoms with Crippen LogP contribution < -0.4 is 5.46 Å². The predicted molar refractivity (Wildman–Crippen MR) is 102 cm³/mol. The molecule has 1 aliphatic carbocycles. The molecule has 3 aromatic rings. The first-order chi connectivity index (χ1) is 11.7. The first-order valence-electron chi connectivity index (χ1n) is 8.09. The fraction of sp³-hybridized carbons (Fsp3) is 0.0952. The monoisotopic (exact) mass is 330 g/mol. The van der Waals surface area contributed by atoms with Crippen molar-refractivity contribution in [3.05, 3.63) is 94.0 Å². The summed E-state index contributed by atoms with van der Waals surface area (Å²) in [6, 6.07) is 22.0. The SMILES string of the molecule is Oc1ccc(B=C2c3ccccc3CCc3c(Cl)cccc32)cc1. The van der Waals surface area contributed by atoms with Gasteiger partial charge in [0.2, 0.25) is 0 Å². The van der Waals surface area contributed by atoms with Gasteiger partial charge in [-0.2, -0.15) is 0 Å². The Balaban J connectivity index is 1.97. The molecule has 116 valence electrons. The van der Waals surface area contributed by atoms with E-state index in [1.807, 2.05) is 24.3 Å². The summed E-state index contributed by atoms with van der Waals surface area (Å²) in [5.74, 6) is 0.280. The van der Waals surface area contributed by atoms with E-state index in [-0.39, 0.29) is 5.75 Å².